The Labute approximate surface area is 182 Å². The molecule has 8 heteroatoms. The molecular formula is C23H22ClF2NO4. The van der Waals surface area contributed by atoms with Crippen molar-refractivity contribution in [2.75, 3.05) is 0 Å². The van der Waals surface area contributed by atoms with Gasteiger partial charge in [0.15, 0.2) is 17.4 Å². The number of hydrogen-bond donors (Lipinski definition) is 2. The number of halogens is 3. The Hall–Kier alpha value is -2.93. The van der Waals surface area contributed by atoms with E-state index in [0.717, 1.165) is 10.6 Å². The number of carboxylic acid groups (broad SMARTS) is 1. The molecule has 3 aromatic rings. The highest BCUT2D eigenvalue weighted by Gasteiger charge is 2.50. The Morgan fingerprint density at radius 1 is 1.10 bits per heavy atom. The Balaban J connectivity index is 2.54. The summed E-state index contributed by atoms with van der Waals surface area (Å²) in [5.41, 5.74) is -2.52. The fraction of sp³-hybridized carbons (Fsp3) is 0.304. The van der Waals surface area contributed by atoms with Crippen molar-refractivity contribution in [2.24, 2.45) is 5.41 Å². The van der Waals surface area contributed by atoms with Crippen LogP contribution in [0, 0.1) is 24.0 Å². The summed E-state index contributed by atoms with van der Waals surface area (Å²) in [7, 11) is 0. The fourth-order valence-corrected chi connectivity index (χ4v) is 4.10. The molecule has 1 atom stereocenters. The van der Waals surface area contributed by atoms with E-state index in [1.807, 2.05) is 0 Å². The number of phenols is 1. The predicted molar refractivity (Wildman–Crippen MR) is 114 cm³/mol. The van der Waals surface area contributed by atoms with Crippen molar-refractivity contribution in [3.05, 3.63) is 63.8 Å². The number of phenolic OH excluding ortho intramolecular Hbond substituents is 1. The molecule has 2 N–H and O–H groups in total. The molecule has 31 heavy (non-hydrogen) atoms. The maximum atomic E-state index is 15.2. The maximum absolute atomic E-state index is 15.2. The lowest BCUT2D eigenvalue weighted by atomic mass is 9.63. The predicted octanol–water partition coefficient (Wildman–Crippen LogP) is 5.66. The van der Waals surface area contributed by atoms with Crippen molar-refractivity contribution in [1.82, 2.24) is 4.57 Å². The largest absolute Gasteiger partial charge is 0.503 e. The molecule has 0 saturated carbocycles. The maximum Gasteiger partial charge on any atom is 0.314 e. The SMILES string of the molecule is Cc1c([C@](C)(C(=O)O)C(C)(C)C)c2c(F)c(O)c(F)cc2n1C(=O)c1cccc(Cl)c1. The van der Waals surface area contributed by atoms with Crippen LogP contribution in [0.3, 0.4) is 0 Å². The average molecular weight is 450 g/mol. The summed E-state index contributed by atoms with van der Waals surface area (Å²) in [5, 5.41) is 20.0. The monoisotopic (exact) mass is 449 g/mol. The lowest BCUT2D eigenvalue weighted by molar-refractivity contribution is -0.147. The van der Waals surface area contributed by atoms with Gasteiger partial charge in [0.2, 0.25) is 0 Å². The molecular weight excluding hydrogens is 428 g/mol. The van der Waals surface area contributed by atoms with Crippen LogP contribution < -0.4 is 0 Å². The lowest BCUT2D eigenvalue weighted by Crippen LogP contribution is -2.45. The highest BCUT2D eigenvalue weighted by molar-refractivity contribution is 6.31. The lowest BCUT2D eigenvalue weighted by Gasteiger charge is -2.39. The molecule has 0 aliphatic rings. The Morgan fingerprint density at radius 2 is 1.71 bits per heavy atom. The van der Waals surface area contributed by atoms with Gasteiger partial charge in [-0.3, -0.25) is 14.2 Å². The second-order valence-electron chi connectivity index (χ2n) is 8.71. The first kappa shape index (κ1) is 22.7. The highest BCUT2D eigenvalue weighted by Crippen LogP contribution is 2.48. The van der Waals surface area contributed by atoms with Crippen molar-refractivity contribution in [3.8, 4) is 5.75 Å². The quantitative estimate of drug-likeness (QED) is 0.540. The molecule has 5 nitrogen and oxygen atoms in total. The number of hydrogen-bond acceptors (Lipinski definition) is 3. The zero-order valence-electron chi connectivity index (χ0n) is 17.7. The fourth-order valence-electron chi connectivity index (χ4n) is 3.91. The van der Waals surface area contributed by atoms with Crippen LogP contribution in [0.2, 0.25) is 5.02 Å². The summed E-state index contributed by atoms with van der Waals surface area (Å²) < 4.78 is 30.6. The summed E-state index contributed by atoms with van der Waals surface area (Å²) in [6, 6.07) is 6.86. The Kier molecular flexibility index (Phi) is 5.39. The van der Waals surface area contributed by atoms with Crippen LogP contribution in [0.4, 0.5) is 8.78 Å². The van der Waals surface area contributed by atoms with Gasteiger partial charge < -0.3 is 10.2 Å². The van der Waals surface area contributed by atoms with Crippen LogP contribution in [0.1, 0.15) is 49.3 Å². The van der Waals surface area contributed by atoms with E-state index >= 15 is 4.39 Å². The number of aromatic nitrogens is 1. The summed E-state index contributed by atoms with van der Waals surface area (Å²) in [6.45, 7) is 7.90. The molecule has 1 heterocycles. The van der Waals surface area contributed by atoms with E-state index in [4.69, 9.17) is 11.6 Å². The van der Waals surface area contributed by atoms with Crippen molar-refractivity contribution in [2.45, 2.75) is 40.0 Å². The minimum Gasteiger partial charge on any atom is -0.503 e. The van der Waals surface area contributed by atoms with Gasteiger partial charge in [-0.1, -0.05) is 38.4 Å². The molecule has 0 bridgehead atoms. The molecule has 0 spiro atoms. The van der Waals surface area contributed by atoms with Crippen LogP contribution in [0.5, 0.6) is 5.75 Å². The van der Waals surface area contributed by atoms with Gasteiger partial charge in [-0.25, -0.2) is 8.78 Å². The first-order valence-corrected chi connectivity index (χ1v) is 9.87. The summed E-state index contributed by atoms with van der Waals surface area (Å²) in [4.78, 5) is 25.8. The molecule has 0 saturated heterocycles. The normalized spacial score (nSPS) is 13.9. The number of benzene rings is 2. The zero-order chi connectivity index (χ0) is 23.5. The Morgan fingerprint density at radius 3 is 2.23 bits per heavy atom. The van der Waals surface area contributed by atoms with Crippen LogP contribution in [-0.4, -0.2) is 26.7 Å². The van der Waals surface area contributed by atoms with E-state index in [-0.39, 0.29) is 27.7 Å². The van der Waals surface area contributed by atoms with E-state index in [1.165, 1.54) is 26.0 Å². The first-order chi connectivity index (χ1) is 14.2. The number of carbonyl (C=O) groups excluding carboxylic acids is 1. The topological polar surface area (TPSA) is 79.5 Å². The molecule has 0 aliphatic heterocycles. The van der Waals surface area contributed by atoms with E-state index < -0.39 is 40.1 Å². The standard InChI is InChI=1S/C23H22ClF2NO4/c1-11-17(23(5,21(30)31)22(2,3)4)16-15(10-14(25)19(28)18(16)26)27(11)20(29)12-7-6-8-13(24)9-12/h6-10,28H,1-5H3,(H,30,31)/t23-/m1/s1. The van der Waals surface area contributed by atoms with Gasteiger partial charge in [0, 0.05) is 33.3 Å². The van der Waals surface area contributed by atoms with Gasteiger partial charge in [-0.15, -0.1) is 0 Å². The van der Waals surface area contributed by atoms with E-state index in [1.54, 1.807) is 32.9 Å². The van der Waals surface area contributed by atoms with Gasteiger partial charge in [-0.2, -0.15) is 0 Å². The average Bonchev–Trinajstić information content (AvgIpc) is 2.96. The Bertz CT molecular complexity index is 1240. The summed E-state index contributed by atoms with van der Waals surface area (Å²) in [6.07, 6.45) is 0. The highest BCUT2D eigenvalue weighted by atomic mass is 35.5. The van der Waals surface area contributed by atoms with Gasteiger partial charge in [-0.05, 0) is 37.5 Å². The number of aromatic hydroxyl groups is 1. The number of nitrogens with zero attached hydrogens (tertiary/aromatic N) is 1. The van der Waals surface area contributed by atoms with Crippen molar-refractivity contribution in [3.63, 3.8) is 0 Å². The molecule has 0 fully saturated rings. The smallest absolute Gasteiger partial charge is 0.314 e. The zero-order valence-corrected chi connectivity index (χ0v) is 18.4. The van der Waals surface area contributed by atoms with Crippen molar-refractivity contribution < 1.29 is 28.6 Å². The van der Waals surface area contributed by atoms with Crippen LogP contribution >= 0.6 is 11.6 Å². The van der Waals surface area contributed by atoms with Gasteiger partial charge >= 0.3 is 5.97 Å². The summed E-state index contributed by atoms with van der Waals surface area (Å²) >= 11 is 5.99. The van der Waals surface area contributed by atoms with Crippen LogP contribution in [-0.2, 0) is 10.2 Å². The van der Waals surface area contributed by atoms with Gasteiger partial charge in [0.1, 0.15) is 0 Å². The molecule has 1 aromatic heterocycles. The molecule has 164 valence electrons. The first-order valence-electron chi connectivity index (χ1n) is 9.49. The number of rotatable bonds is 3. The number of carbonyl (C=O) groups is 2. The summed E-state index contributed by atoms with van der Waals surface area (Å²) in [5.74, 6) is -5.70. The third-order valence-electron chi connectivity index (χ3n) is 6.06. The minimum absolute atomic E-state index is 0.00863. The van der Waals surface area contributed by atoms with Gasteiger partial charge in [0.25, 0.3) is 5.91 Å². The third kappa shape index (κ3) is 3.28. The van der Waals surface area contributed by atoms with Crippen LogP contribution in [0.15, 0.2) is 30.3 Å². The second kappa shape index (κ2) is 7.34. The van der Waals surface area contributed by atoms with E-state index in [9.17, 15) is 24.2 Å². The van der Waals surface area contributed by atoms with Gasteiger partial charge in [0.05, 0.1) is 10.9 Å². The number of aliphatic carboxylic acids is 1. The molecule has 0 unspecified atom stereocenters. The van der Waals surface area contributed by atoms with E-state index in [0.29, 0.717) is 5.02 Å². The molecule has 0 aliphatic carbocycles. The number of fused-ring (bicyclic) bond motifs is 1. The third-order valence-corrected chi connectivity index (χ3v) is 6.30. The second-order valence-corrected chi connectivity index (χ2v) is 9.14. The van der Waals surface area contributed by atoms with Crippen LogP contribution in [0.25, 0.3) is 10.9 Å². The molecule has 2 aromatic carbocycles. The molecule has 0 radical (unpaired) electrons. The van der Waals surface area contributed by atoms with Crippen molar-refractivity contribution in [1.29, 1.82) is 0 Å². The molecule has 0 amide bonds. The number of carboxylic acids is 1. The molecule has 3 rings (SSSR count). The minimum atomic E-state index is -1.68. The van der Waals surface area contributed by atoms with Crippen molar-refractivity contribution >= 4 is 34.4 Å². The van der Waals surface area contributed by atoms with E-state index in [2.05, 4.69) is 0 Å².